The molecule has 0 aliphatic carbocycles. The third-order valence-corrected chi connectivity index (χ3v) is 3.40. The lowest BCUT2D eigenvalue weighted by molar-refractivity contribution is -0.982. The van der Waals surface area contributed by atoms with Crippen molar-refractivity contribution in [3.05, 3.63) is 41.6 Å². The Hall–Kier alpha value is -1.28. The van der Waals surface area contributed by atoms with Gasteiger partial charge in [-0.1, -0.05) is 30.3 Å². The summed E-state index contributed by atoms with van der Waals surface area (Å²) in [5.41, 5.74) is 4.19. The van der Waals surface area contributed by atoms with Gasteiger partial charge in [0.1, 0.15) is 6.54 Å². The summed E-state index contributed by atoms with van der Waals surface area (Å²) in [7, 11) is 6.63. The van der Waals surface area contributed by atoms with E-state index < -0.39 is 0 Å². The average molecular weight is 203 g/mol. The monoisotopic (exact) mass is 203 g/mol. The molecule has 2 heteroatoms. The van der Waals surface area contributed by atoms with Crippen molar-refractivity contribution >= 4 is 5.57 Å². The Bertz CT molecular complexity index is 390. The van der Waals surface area contributed by atoms with Crippen LogP contribution in [0.15, 0.2) is 36.0 Å². The summed E-state index contributed by atoms with van der Waals surface area (Å²) in [5.74, 6) is 0. The van der Waals surface area contributed by atoms with Gasteiger partial charge in [-0.25, -0.2) is 9.60 Å². The molecule has 2 rings (SSSR count). The fourth-order valence-corrected chi connectivity index (χ4v) is 2.15. The molecule has 0 fully saturated rings. The van der Waals surface area contributed by atoms with Crippen molar-refractivity contribution in [2.75, 3.05) is 27.7 Å². The van der Waals surface area contributed by atoms with Crippen molar-refractivity contribution in [2.45, 2.75) is 6.92 Å². The Balaban J connectivity index is 2.40. The van der Waals surface area contributed by atoms with Crippen LogP contribution in [0.4, 0.5) is 0 Å². The van der Waals surface area contributed by atoms with Gasteiger partial charge in [0, 0.05) is 5.57 Å². The zero-order chi connectivity index (χ0) is 11.1. The second-order valence-corrected chi connectivity index (χ2v) is 4.73. The Morgan fingerprint density at radius 2 is 1.73 bits per heavy atom. The average Bonchev–Trinajstić information content (AvgIpc) is 2.44. The Morgan fingerprint density at radius 3 is 2.20 bits per heavy atom. The molecular formula is C13H19N2+. The van der Waals surface area contributed by atoms with Gasteiger partial charge >= 0.3 is 0 Å². The van der Waals surface area contributed by atoms with Crippen LogP contribution in [-0.2, 0) is 0 Å². The van der Waals surface area contributed by atoms with Crippen LogP contribution in [0.1, 0.15) is 12.5 Å². The van der Waals surface area contributed by atoms with Gasteiger partial charge in [-0.15, -0.1) is 0 Å². The number of benzene rings is 1. The van der Waals surface area contributed by atoms with Crippen LogP contribution in [0.2, 0.25) is 0 Å². The fourth-order valence-electron chi connectivity index (χ4n) is 2.15. The summed E-state index contributed by atoms with van der Waals surface area (Å²) in [5, 5.41) is 2.32. The molecule has 15 heavy (non-hydrogen) atoms. The maximum atomic E-state index is 2.32. The van der Waals surface area contributed by atoms with Crippen LogP contribution < -0.4 is 0 Å². The molecule has 1 heterocycles. The summed E-state index contributed by atoms with van der Waals surface area (Å²) in [4.78, 5) is 0. The van der Waals surface area contributed by atoms with Crippen molar-refractivity contribution in [2.24, 2.45) is 0 Å². The Morgan fingerprint density at radius 1 is 1.13 bits per heavy atom. The molecule has 0 saturated carbocycles. The number of hydrogen-bond donors (Lipinski definition) is 0. The minimum Gasteiger partial charge on any atom is -0.231 e. The van der Waals surface area contributed by atoms with Gasteiger partial charge in [0.25, 0.3) is 0 Å². The fraction of sp³-hybridized carbons (Fsp3) is 0.385. The van der Waals surface area contributed by atoms with Gasteiger partial charge < -0.3 is 0 Å². The van der Waals surface area contributed by atoms with E-state index in [1.807, 2.05) is 0 Å². The van der Waals surface area contributed by atoms with E-state index in [1.165, 1.54) is 16.8 Å². The van der Waals surface area contributed by atoms with Crippen LogP contribution in [-0.4, -0.2) is 37.3 Å². The van der Waals surface area contributed by atoms with Crippen molar-refractivity contribution in [1.82, 2.24) is 5.01 Å². The first kappa shape index (κ1) is 10.2. The van der Waals surface area contributed by atoms with Crippen LogP contribution in [0.25, 0.3) is 5.57 Å². The van der Waals surface area contributed by atoms with Gasteiger partial charge in [-0.05, 0) is 12.5 Å². The van der Waals surface area contributed by atoms with E-state index in [0.29, 0.717) is 0 Å². The van der Waals surface area contributed by atoms with E-state index in [1.54, 1.807) is 0 Å². The van der Waals surface area contributed by atoms with E-state index in [0.717, 1.165) is 11.1 Å². The predicted molar refractivity (Wildman–Crippen MR) is 63.8 cm³/mol. The first-order chi connectivity index (χ1) is 7.02. The highest BCUT2D eigenvalue weighted by Crippen LogP contribution is 2.31. The van der Waals surface area contributed by atoms with E-state index in [4.69, 9.17) is 0 Å². The maximum absolute atomic E-state index is 2.32. The maximum Gasteiger partial charge on any atom is 0.129 e. The van der Waals surface area contributed by atoms with E-state index in [-0.39, 0.29) is 0 Å². The largest absolute Gasteiger partial charge is 0.231 e. The molecule has 1 aromatic carbocycles. The number of quaternary nitrogens is 1. The normalized spacial score (nSPS) is 19.9. The van der Waals surface area contributed by atoms with Crippen molar-refractivity contribution < 1.29 is 4.59 Å². The highest BCUT2D eigenvalue weighted by Gasteiger charge is 2.33. The summed E-state index contributed by atoms with van der Waals surface area (Å²) < 4.78 is 0.913. The van der Waals surface area contributed by atoms with E-state index >= 15 is 0 Å². The first-order valence-corrected chi connectivity index (χ1v) is 5.35. The molecule has 0 saturated heterocycles. The molecule has 1 aromatic rings. The molecule has 2 nitrogen and oxygen atoms in total. The number of rotatable bonds is 1. The van der Waals surface area contributed by atoms with Crippen molar-refractivity contribution in [1.29, 1.82) is 0 Å². The van der Waals surface area contributed by atoms with Crippen molar-refractivity contribution in [3.8, 4) is 0 Å². The number of nitrogens with zero attached hydrogens (tertiary/aromatic N) is 2. The molecule has 0 aromatic heterocycles. The highest BCUT2D eigenvalue weighted by molar-refractivity contribution is 5.69. The Labute approximate surface area is 92.0 Å². The summed E-state index contributed by atoms with van der Waals surface area (Å²) in [6.07, 6.45) is 0. The quantitative estimate of drug-likeness (QED) is 0.633. The van der Waals surface area contributed by atoms with Crippen LogP contribution in [0.3, 0.4) is 0 Å². The summed E-state index contributed by atoms with van der Waals surface area (Å²) in [6.45, 7) is 3.28. The van der Waals surface area contributed by atoms with E-state index in [9.17, 15) is 0 Å². The molecule has 0 unspecified atom stereocenters. The van der Waals surface area contributed by atoms with Crippen LogP contribution in [0.5, 0.6) is 0 Å². The lowest BCUT2D eigenvalue weighted by Crippen LogP contribution is -2.47. The van der Waals surface area contributed by atoms with Gasteiger partial charge in [-0.2, -0.15) is 0 Å². The minimum absolute atomic E-state index is 0.913. The van der Waals surface area contributed by atoms with Crippen molar-refractivity contribution in [3.63, 3.8) is 0 Å². The first-order valence-electron chi connectivity index (χ1n) is 5.35. The molecular weight excluding hydrogens is 184 g/mol. The SMILES string of the molecule is CC1=C(c2ccccc2)C[N+](C)(C)N1C. The molecule has 0 amide bonds. The number of likely N-dealkylation sites (N-methyl/N-ethyl adjacent to an activating group) is 1. The third-order valence-electron chi connectivity index (χ3n) is 3.40. The van der Waals surface area contributed by atoms with Crippen LogP contribution in [0, 0.1) is 0 Å². The van der Waals surface area contributed by atoms with Gasteiger partial charge in [-0.3, -0.25) is 0 Å². The molecule has 0 radical (unpaired) electrons. The van der Waals surface area contributed by atoms with Crippen LogP contribution >= 0.6 is 0 Å². The molecule has 0 bridgehead atoms. The zero-order valence-electron chi connectivity index (χ0n) is 9.99. The molecule has 0 spiro atoms. The predicted octanol–water partition coefficient (Wildman–Crippen LogP) is 2.35. The standard InChI is InChI=1S/C13H19N2/c1-11-13(10-15(3,4)14(11)2)12-8-6-5-7-9-12/h5-9H,10H2,1-4H3/q+1. The topological polar surface area (TPSA) is 3.24 Å². The smallest absolute Gasteiger partial charge is 0.129 e. The summed E-state index contributed by atoms with van der Waals surface area (Å²) >= 11 is 0. The van der Waals surface area contributed by atoms with Gasteiger partial charge in [0.05, 0.1) is 26.8 Å². The van der Waals surface area contributed by atoms with E-state index in [2.05, 4.69) is 63.4 Å². The molecule has 80 valence electrons. The lowest BCUT2D eigenvalue weighted by Gasteiger charge is -2.32. The van der Waals surface area contributed by atoms with Gasteiger partial charge in [0.15, 0.2) is 0 Å². The minimum atomic E-state index is 0.913. The number of allylic oxidation sites excluding steroid dienone is 1. The molecule has 1 aliphatic heterocycles. The third kappa shape index (κ3) is 1.65. The second-order valence-electron chi connectivity index (χ2n) is 4.73. The second kappa shape index (κ2) is 3.38. The lowest BCUT2D eigenvalue weighted by atomic mass is 10.1. The van der Waals surface area contributed by atoms with Gasteiger partial charge in [0.2, 0.25) is 0 Å². The Kier molecular flexibility index (Phi) is 2.31. The molecule has 1 aliphatic rings. The summed E-state index contributed by atoms with van der Waals surface area (Å²) in [6, 6.07) is 10.7. The number of hydrogen-bond acceptors (Lipinski definition) is 1. The molecule has 0 atom stereocenters. The highest BCUT2D eigenvalue weighted by atomic mass is 15.7. The zero-order valence-corrected chi connectivity index (χ0v) is 9.99. The molecule has 0 N–H and O–H groups in total.